The third-order valence-corrected chi connectivity index (χ3v) is 2.36. The lowest BCUT2D eigenvalue weighted by atomic mass is 9.92. The van der Waals surface area contributed by atoms with Crippen LogP contribution in [-0.2, 0) is 0 Å². The maximum absolute atomic E-state index is 4.48. The molecule has 1 heterocycles. The highest BCUT2D eigenvalue weighted by Crippen LogP contribution is 2.23. The van der Waals surface area contributed by atoms with Crippen LogP contribution in [0.5, 0.6) is 0 Å². The van der Waals surface area contributed by atoms with E-state index in [4.69, 9.17) is 0 Å². The van der Waals surface area contributed by atoms with E-state index < -0.39 is 0 Å². The van der Waals surface area contributed by atoms with Crippen molar-refractivity contribution in [2.45, 2.75) is 25.3 Å². The summed E-state index contributed by atoms with van der Waals surface area (Å²) in [5.74, 6) is 0.679. The van der Waals surface area contributed by atoms with Crippen LogP contribution in [-0.4, -0.2) is 12.3 Å². The topological polar surface area (TPSA) is 12.4 Å². The van der Waals surface area contributed by atoms with Crippen LogP contribution in [0.2, 0.25) is 0 Å². The van der Waals surface area contributed by atoms with Crippen molar-refractivity contribution in [2.75, 3.05) is 0 Å². The zero-order valence-electron chi connectivity index (χ0n) is 6.61. The molecule has 1 aliphatic heterocycles. The molecule has 0 aromatic heterocycles. The summed E-state index contributed by atoms with van der Waals surface area (Å²) < 4.78 is 0. The summed E-state index contributed by atoms with van der Waals surface area (Å²) in [6.07, 6.45) is 14.6. The van der Waals surface area contributed by atoms with Crippen LogP contribution in [0.1, 0.15) is 19.3 Å². The summed E-state index contributed by atoms with van der Waals surface area (Å²) in [4.78, 5) is 4.48. The van der Waals surface area contributed by atoms with E-state index in [1.165, 1.54) is 12.8 Å². The van der Waals surface area contributed by atoms with Gasteiger partial charge in [-0.1, -0.05) is 24.3 Å². The molecule has 0 saturated carbocycles. The molecule has 0 radical (unpaired) electrons. The SMILES string of the molecule is C1=CC2CCCC=NC2C=C1. The number of hydrogen-bond donors (Lipinski definition) is 0. The molecule has 11 heavy (non-hydrogen) atoms. The van der Waals surface area contributed by atoms with Crippen LogP contribution < -0.4 is 0 Å². The Bertz CT molecular complexity index is 213. The summed E-state index contributed by atoms with van der Waals surface area (Å²) in [6.45, 7) is 0. The molecule has 0 fully saturated rings. The van der Waals surface area contributed by atoms with Crippen LogP contribution in [0.4, 0.5) is 0 Å². The van der Waals surface area contributed by atoms with Crippen molar-refractivity contribution in [3.63, 3.8) is 0 Å². The number of fused-ring (bicyclic) bond motifs is 1. The van der Waals surface area contributed by atoms with E-state index in [9.17, 15) is 0 Å². The third-order valence-electron chi connectivity index (χ3n) is 2.36. The molecule has 2 aliphatic rings. The molecule has 1 heteroatoms. The highest BCUT2D eigenvalue weighted by atomic mass is 14.8. The van der Waals surface area contributed by atoms with Crippen molar-refractivity contribution in [3.8, 4) is 0 Å². The molecule has 1 nitrogen and oxygen atoms in total. The second-order valence-corrected chi connectivity index (χ2v) is 3.19. The van der Waals surface area contributed by atoms with E-state index in [1.807, 2.05) is 0 Å². The first-order chi connectivity index (χ1) is 5.47. The first-order valence-corrected chi connectivity index (χ1v) is 4.33. The fourth-order valence-corrected chi connectivity index (χ4v) is 1.71. The maximum atomic E-state index is 4.48. The molecule has 0 aromatic rings. The second-order valence-electron chi connectivity index (χ2n) is 3.19. The van der Waals surface area contributed by atoms with Crippen molar-refractivity contribution in [1.29, 1.82) is 0 Å². The Hall–Kier alpha value is -0.850. The molecular formula is C10H13N. The van der Waals surface area contributed by atoms with Gasteiger partial charge in [0.1, 0.15) is 0 Å². The lowest BCUT2D eigenvalue weighted by Gasteiger charge is -2.17. The summed E-state index contributed by atoms with van der Waals surface area (Å²) in [7, 11) is 0. The van der Waals surface area contributed by atoms with Crippen LogP contribution in [0.25, 0.3) is 0 Å². The molecule has 1 aliphatic carbocycles. The first kappa shape index (κ1) is 6.84. The Kier molecular flexibility index (Phi) is 1.89. The number of nitrogens with zero attached hydrogens (tertiary/aromatic N) is 1. The zero-order chi connectivity index (χ0) is 7.52. The smallest absolute Gasteiger partial charge is 0.0741 e. The van der Waals surface area contributed by atoms with Crippen molar-refractivity contribution >= 4 is 6.21 Å². The largest absolute Gasteiger partial charge is 0.289 e. The quantitative estimate of drug-likeness (QED) is 0.498. The van der Waals surface area contributed by atoms with Gasteiger partial charge in [-0.3, -0.25) is 4.99 Å². The Morgan fingerprint density at radius 3 is 3.09 bits per heavy atom. The minimum atomic E-state index is 0.447. The molecule has 0 saturated heterocycles. The summed E-state index contributed by atoms with van der Waals surface area (Å²) >= 11 is 0. The van der Waals surface area contributed by atoms with Gasteiger partial charge in [-0.15, -0.1) is 0 Å². The molecule has 0 amide bonds. The summed E-state index contributed by atoms with van der Waals surface area (Å²) in [6, 6.07) is 0.447. The van der Waals surface area contributed by atoms with Crippen LogP contribution in [0.15, 0.2) is 29.3 Å². The first-order valence-electron chi connectivity index (χ1n) is 4.33. The molecule has 58 valence electrons. The molecule has 0 N–H and O–H groups in total. The predicted octanol–water partition coefficient (Wildman–Crippen LogP) is 2.35. The third kappa shape index (κ3) is 1.42. The Balaban J connectivity index is 2.16. The Morgan fingerprint density at radius 1 is 1.18 bits per heavy atom. The molecule has 2 rings (SSSR count). The molecule has 0 aromatic carbocycles. The number of allylic oxidation sites excluding steroid dienone is 2. The lowest BCUT2D eigenvalue weighted by molar-refractivity contribution is 0.530. The molecule has 2 atom stereocenters. The monoisotopic (exact) mass is 147 g/mol. The van der Waals surface area contributed by atoms with Crippen molar-refractivity contribution in [1.82, 2.24) is 0 Å². The van der Waals surface area contributed by atoms with Gasteiger partial charge in [0.25, 0.3) is 0 Å². The van der Waals surface area contributed by atoms with Crippen molar-refractivity contribution < 1.29 is 0 Å². The predicted molar refractivity (Wildman–Crippen MR) is 47.9 cm³/mol. The van der Waals surface area contributed by atoms with Crippen LogP contribution in [0, 0.1) is 5.92 Å². The number of rotatable bonds is 0. The van der Waals surface area contributed by atoms with Crippen molar-refractivity contribution in [3.05, 3.63) is 24.3 Å². The van der Waals surface area contributed by atoms with E-state index in [2.05, 4.69) is 35.5 Å². The van der Waals surface area contributed by atoms with Gasteiger partial charge >= 0.3 is 0 Å². The molecule has 2 unspecified atom stereocenters. The van der Waals surface area contributed by atoms with E-state index >= 15 is 0 Å². The zero-order valence-corrected chi connectivity index (χ0v) is 6.61. The average molecular weight is 147 g/mol. The highest BCUT2D eigenvalue weighted by Gasteiger charge is 2.17. The minimum Gasteiger partial charge on any atom is -0.289 e. The summed E-state index contributed by atoms with van der Waals surface area (Å²) in [5.41, 5.74) is 0. The Morgan fingerprint density at radius 2 is 2.09 bits per heavy atom. The maximum Gasteiger partial charge on any atom is 0.0741 e. The van der Waals surface area contributed by atoms with Gasteiger partial charge < -0.3 is 0 Å². The summed E-state index contributed by atoms with van der Waals surface area (Å²) in [5, 5.41) is 0. The average Bonchev–Trinajstić information content (AvgIpc) is 2.28. The molecule has 0 spiro atoms. The van der Waals surface area contributed by atoms with Crippen LogP contribution in [0.3, 0.4) is 0 Å². The fraction of sp³-hybridized carbons (Fsp3) is 0.500. The van der Waals surface area contributed by atoms with E-state index in [-0.39, 0.29) is 0 Å². The van der Waals surface area contributed by atoms with Gasteiger partial charge in [-0.05, 0) is 25.5 Å². The van der Waals surface area contributed by atoms with Gasteiger partial charge in [0.15, 0.2) is 0 Å². The van der Waals surface area contributed by atoms with Crippen molar-refractivity contribution in [2.24, 2.45) is 10.9 Å². The molecular weight excluding hydrogens is 134 g/mol. The standard InChI is InChI=1S/C10H13N/c1-2-7-10-9(5-1)6-3-4-8-11-10/h1-2,5,7-10H,3-4,6H2. The highest BCUT2D eigenvalue weighted by molar-refractivity contribution is 5.58. The fourth-order valence-electron chi connectivity index (χ4n) is 1.71. The second kappa shape index (κ2) is 3.04. The van der Waals surface area contributed by atoms with Gasteiger partial charge in [0.2, 0.25) is 0 Å². The lowest BCUT2D eigenvalue weighted by Crippen LogP contribution is -2.14. The van der Waals surface area contributed by atoms with Crippen LogP contribution >= 0.6 is 0 Å². The normalized spacial score (nSPS) is 34.9. The van der Waals surface area contributed by atoms with E-state index in [0.29, 0.717) is 12.0 Å². The minimum absolute atomic E-state index is 0.447. The van der Waals surface area contributed by atoms with Gasteiger partial charge in [0.05, 0.1) is 6.04 Å². The molecule has 0 bridgehead atoms. The van der Waals surface area contributed by atoms with E-state index in [1.54, 1.807) is 0 Å². The van der Waals surface area contributed by atoms with Gasteiger partial charge in [-0.2, -0.15) is 0 Å². The Labute approximate surface area is 67.5 Å². The van der Waals surface area contributed by atoms with Gasteiger partial charge in [-0.25, -0.2) is 0 Å². The van der Waals surface area contributed by atoms with E-state index in [0.717, 1.165) is 6.42 Å². The van der Waals surface area contributed by atoms with Gasteiger partial charge in [0, 0.05) is 5.92 Å². The number of aliphatic imine (C=N–C) groups is 1. The number of hydrogen-bond acceptors (Lipinski definition) is 1.